The maximum absolute atomic E-state index is 13.6. The van der Waals surface area contributed by atoms with E-state index in [-0.39, 0.29) is 5.91 Å². The molecule has 0 aromatic heterocycles. The van der Waals surface area contributed by atoms with Crippen LogP contribution in [0.4, 0.5) is 0 Å². The molecule has 3 aromatic rings. The molecule has 34 heavy (non-hydrogen) atoms. The molecule has 0 bridgehead atoms. The molecular weight excluding hydrogens is 428 g/mol. The van der Waals surface area contributed by atoms with Crippen molar-refractivity contribution in [2.45, 2.75) is 6.54 Å². The summed E-state index contributed by atoms with van der Waals surface area (Å²) >= 11 is 0. The Hall–Kier alpha value is -3.77. The molecule has 6 nitrogen and oxygen atoms in total. The van der Waals surface area contributed by atoms with Gasteiger partial charge in [-0.3, -0.25) is 4.79 Å². The molecular formula is C28H29N2O4+. The Labute approximate surface area is 200 Å². The molecule has 174 valence electrons. The highest BCUT2D eigenvalue weighted by Crippen LogP contribution is 2.32. The summed E-state index contributed by atoms with van der Waals surface area (Å²) in [4.78, 5) is 17.1. The number of hydrogen-bond acceptors (Lipinski definition) is 4. The number of rotatable bonds is 6. The van der Waals surface area contributed by atoms with Gasteiger partial charge in [-0.2, -0.15) is 0 Å². The van der Waals surface area contributed by atoms with Gasteiger partial charge in [0, 0.05) is 11.1 Å². The minimum absolute atomic E-state index is 0.0733. The zero-order valence-corrected chi connectivity index (χ0v) is 19.3. The summed E-state index contributed by atoms with van der Waals surface area (Å²) in [6.07, 6.45) is 1.98. The molecule has 0 spiro atoms. The molecule has 3 aromatic carbocycles. The van der Waals surface area contributed by atoms with Gasteiger partial charge in [-0.05, 0) is 47.5 Å². The third-order valence-electron chi connectivity index (χ3n) is 6.39. The number of carbonyl (C=O) groups excluding carboxylic acids is 1. The van der Waals surface area contributed by atoms with Gasteiger partial charge in [0.2, 0.25) is 6.79 Å². The zero-order valence-electron chi connectivity index (χ0n) is 19.3. The minimum Gasteiger partial charge on any atom is -0.497 e. The van der Waals surface area contributed by atoms with E-state index in [1.807, 2.05) is 71.6 Å². The highest BCUT2D eigenvalue weighted by Gasteiger charge is 2.27. The van der Waals surface area contributed by atoms with Crippen LogP contribution in [0.25, 0.3) is 11.6 Å². The van der Waals surface area contributed by atoms with Crippen LogP contribution >= 0.6 is 0 Å². The molecule has 1 N–H and O–H groups in total. The monoisotopic (exact) mass is 457 g/mol. The first-order chi connectivity index (χ1) is 16.7. The lowest BCUT2D eigenvalue weighted by molar-refractivity contribution is -0.917. The quantitative estimate of drug-likeness (QED) is 0.457. The van der Waals surface area contributed by atoms with Gasteiger partial charge in [0.15, 0.2) is 11.5 Å². The van der Waals surface area contributed by atoms with Crippen molar-refractivity contribution in [1.82, 2.24) is 4.90 Å². The van der Waals surface area contributed by atoms with E-state index in [2.05, 4.69) is 12.1 Å². The van der Waals surface area contributed by atoms with Crippen molar-refractivity contribution in [1.29, 1.82) is 0 Å². The summed E-state index contributed by atoms with van der Waals surface area (Å²) < 4.78 is 16.2. The molecule has 2 aliphatic heterocycles. The Morgan fingerprint density at radius 3 is 2.44 bits per heavy atom. The smallest absolute Gasteiger partial charge is 0.254 e. The molecule has 0 aliphatic carbocycles. The Bertz CT molecular complexity index is 1170. The second-order valence-corrected chi connectivity index (χ2v) is 8.60. The molecule has 0 radical (unpaired) electrons. The van der Waals surface area contributed by atoms with E-state index in [0.717, 1.165) is 61.1 Å². The van der Waals surface area contributed by atoms with Crippen molar-refractivity contribution in [2.75, 3.05) is 40.1 Å². The third kappa shape index (κ3) is 4.92. The lowest BCUT2D eigenvalue weighted by Crippen LogP contribution is -3.13. The molecule has 2 aliphatic rings. The molecule has 1 saturated heterocycles. The summed E-state index contributed by atoms with van der Waals surface area (Å²) in [7, 11) is 1.65. The van der Waals surface area contributed by atoms with Gasteiger partial charge in [-0.1, -0.05) is 42.5 Å². The summed E-state index contributed by atoms with van der Waals surface area (Å²) in [5.41, 5.74) is 3.84. The average molecular weight is 458 g/mol. The van der Waals surface area contributed by atoms with E-state index in [0.29, 0.717) is 12.4 Å². The number of amides is 1. The Morgan fingerprint density at radius 2 is 1.71 bits per heavy atom. The van der Waals surface area contributed by atoms with E-state index in [4.69, 9.17) is 14.2 Å². The molecule has 6 heteroatoms. The highest BCUT2D eigenvalue weighted by atomic mass is 16.7. The Balaban J connectivity index is 1.28. The predicted molar refractivity (Wildman–Crippen MR) is 131 cm³/mol. The van der Waals surface area contributed by atoms with Crippen molar-refractivity contribution < 1.29 is 23.9 Å². The van der Waals surface area contributed by atoms with Crippen LogP contribution in [0.15, 0.2) is 72.8 Å². The second kappa shape index (κ2) is 10.0. The summed E-state index contributed by atoms with van der Waals surface area (Å²) in [5.74, 6) is 2.50. The first-order valence-electron chi connectivity index (χ1n) is 11.6. The fourth-order valence-electron chi connectivity index (χ4n) is 4.47. The topological polar surface area (TPSA) is 52.4 Å². The molecule has 0 saturated carbocycles. The summed E-state index contributed by atoms with van der Waals surface area (Å²) in [6.45, 7) is 4.47. The molecule has 1 fully saturated rings. The number of fused-ring (bicyclic) bond motifs is 1. The van der Waals surface area contributed by atoms with Crippen LogP contribution in [0.2, 0.25) is 0 Å². The number of nitrogens with one attached hydrogen (secondary N) is 1. The van der Waals surface area contributed by atoms with Crippen molar-refractivity contribution in [3.63, 3.8) is 0 Å². The fraction of sp³-hybridized carbons (Fsp3) is 0.250. The molecule has 2 heterocycles. The lowest BCUT2D eigenvalue weighted by Gasteiger charge is -2.33. The van der Waals surface area contributed by atoms with E-state index in [9.17, 15) is 4.79 Å². The molecule has 0 unspecified atom stereocenters. The standard InChI is InChI=1S/C28H28N2O4/c1-32-24-10-7-21(8-11-24)17-25(23-5-3-2-4-6-23)28(31)30-15-13-29(14-16-30)19-22-9-12-26-27(18-22)34-20-33-26/h2-12,17-18H,13-16,19-20H2,1H3/p+1/b25-17+. The fourth-order valence-corrected chi connectivity index (χ4v) is 4.47. The lowest BCUT2D eigenvalue weighted by atomic mass is 10.0. The van der Waals surface area contributed by atoms with Gasteiger partial charge < -0.3 is 24.0 Å². The number of nitrogens with zero attached hydrogens (tertiary/aromatic N) is 1. The van der Waals surface area contributed by atoms with Crippen molar-refractivity contribution in [2.24, 2.45) is 0 Å². The van der Waals surface area contributed by atoms with E-state index >= 15 is 0 Å². The molecule has 0 atom stereocenters. The number of methoxy groups -OCH3 is 1. The average Bonchev–Trinajstić information content (AvgIpc) is 3.36. The van der Waals surface area contributed by atoms with Gasteiger partial charge in [0.1, 0.15) is 12.3 Å². The predicted octanol–water partition coefficient (Wildman–Crippen LogP) is 2.89. The van der Waals surface area contributed by atoms with Crippen molar-refractivity contribution in [3.8, 4) is 17.2 Å². The SMILES string of the molecule is COc1ccc(/C=C(/C(=O)N2CC[NH+](Cc3ccc4c(c3)OCO4)CC2)c2ccccc2)cc1. The van der Waals surface area contributed by atoms with Crippen LogP contribution in [0.1, 0.15) is 16.7 Å². The van der Waals surface area contributed by atoms with Gasteiger partial charge in [-0.25, -0.2) is 0 Å². The number of ether oxygens (including phenoxy) is 3. The van der Waals surface area contributed by atoms with Crippen LogP contribution in [-0.2, 0) is 11.3 Å². The van der Waals surface area contributed by atoms with Crippen molar-refractivity contribution in [3.05, 3.63) is 89.5 Å². The largest absolute Gasteiger partial charge is 0.497 e. The van der Waals surface area contributed by atoms with Gasteiger partial charge in [0.25, 0.3) is 5.91 Å². The molecule has 1 amide bonds. The maximum atomic E-state index is 13.6. The van der Waals surface area contributed by atoms with Gasteiger partial charge in [-0.15, -0.1) is 0 Å². The minimum atomic E-state index is 0.0733. The zero-order chi connectivity index (χ0) is 23.3. The van der Waals surface area contributed by atoms with Crippen LogP contribution in [0.5, 0.6) is 17.2 Å². The maximum Gasteiger partial charge on any atom is 0.254 e. The van der Waals surface area contributed by atoms with Gasteiger partial charge in [0.05, 0.1) is 33.3 Å². The van der Waals surface area contributed by atoms with Gasteiger partial charge >= 0.3 is 0 Å². The second-order valence-electron chi connectivity index (χ2n) is 8.60. The third-order valence-corrected chi connectivity index (χ3v) is 6.39. The first kappa shape index (κ1) is 22.0. The van der Waals surface area contributed by atoms with Crippen LogP contribution < -0.4 is 19.1 Å². The Morgan fingerprint density at radius 1 is 0.971 bits per heavy atom. The van der Waals surface area contributed by atoms with Crippen LogP contribution in [0, 0.1) is 0 Å². The van der Waals surface area contributed by atoms with Crippen molar-refractivity contribution >= 4 is 17.6 Å². The van der Waals surface area contributed by atoms with Crippen LogP contribution in [0.3, 0.4) is 0 Å². The number of piperazine rings is 1. The Kier molecular flexibility index (Phi) is 6.49. The first-order valence-corrected chi connectivity index (χ1v) is 11.6. The summed E-state index contributed by atoms with van der Waals surface area (Å²) in [5, 5.41) is 0. The summed E-state index contributed by atoms with van der Waals surface area (Å²) in [6, 6.07) is 23.8. The number of carbonyl (C=O) groups is 1. The highest BCUT2D eigenvalue weighted by molar-refractivity contribution is 6.24. The molecule has 5 rings (SSSR count). The normalized spacial score (nSPS) is 15.9. The number of quaternary nitrogens is 1. The number of benzene rings is 3. The van der Waals surface area contributed by atoms with E-state index < -0.39 is 0 Å². The van der Waals surface area contributed by atoms with Crippen LogP contribution in [-0.4, -0.2) is 50.9 Å². The number of hydrogen-bond donors (Lipinski definition) is 1. The van der Waals surface area contributed by atoms with E-state index in [1.165, 1.54) is 10.5 Å². The van der Waals surface area contributed by atoms with E-state index in [1.54, 1.807) is 7.11 Å².